The minimum absolute atomic E-state index is 0.317. The molecule has 0 radical (unpaired) electrons. The molecule has 16 heavy (non-hydrogen) atoms. The molecule has 0 saturated heterocycles. The van der Waals surface area contributed by atoms with Crippen molar-refractivity contribution in [3.63, 3.8) is 0 Å². The summed E-state index contributed by atoms with van der Waals surface area (Å²) in [5.41, 5.74) is 0.836. The van der Waals surface area contributed by atoms with Crippen LogP contribution in [0, 0.1) is 0 Å². The van der Waals surface area contributed by atoms with Crippen LogP contribution in [0.5, 0.6) is 0 Å². The van der Waals surface area contributed by atoms with E-state index >= 15 is 0 Å². The maximum absolute atomic E-state index is 5.99. The van der Waals surface area contributed by atoms with Crippen molar-refractivity contribution in [1.29, 1.82) is 0 Å². The predicted molar refractivity (Wildman–Crippen MR) is 67.5 cm³/mol. The van der Waals surface area contributed by atoms with Crippen molar-refractivity contribution >= 4 is 46.4 Å². The van der Waals surface area contributed by atoms with E-state index in [2.05, 4.69) is 9.97 Å². The molecule has 0 atom stereocenters. The van der Waals surface area contributed by atoms with Gasteiger partial charge in [-0.1, -0.05) is 46.4 Å². The number of hydrogen-bond acceptors (Lipinski definition) is 2. The molecule has 0 amide bonds. The molecule has 0 aromatic carbocycles. The molecule has 0 aliphatic heterocycles. The second kappa shape index (κ2) is 4.76. The Hall–Kier alpha value is -0.540. The van der Waals surface area contributed by atoms with Crippen molar-refractivity contribution in [3.05, 3.63) is 44.6 Å². The topological polar surface area (TPSA) is 25.8 Å². The molecule has 2 nitrogen and oxygen atoms in total. The molecule has 2 aromatic heterocycles. The summed E-state index contributed by atoms with van der Waals surface area (Å²) >= 11 is 23.6. The fourth-order valence-electron chi connectivity index (χ4n) is 1.17. The van der Waals surface area contributed by atoms with E-state index in [0.717, 1.165) is 0 Å². The van der Waals surface area contributed by atoms with Crippen LogP contribution in [0.2, 0.25) is 20.4 Å². The van der Waals surface area contributed by atoms with Crippen LogP contribution in [0.4, 0.5) is 0 Å². The highest BCUT2D eigenvalue weighted by molar-refractivity contribution is 6.37. The maximum atomic E-state index is 5.99. The summed E-state index contributed by atoms with van der Waals surface area (Å²) in [6.07, 6.45) is 0. The largest absolute Gasteiger partial charge is 0.233 e. The average Bonchev–Trinajstić information content (AvgIpc) is 2.25. The normalized spacial score (nSPS) is 10.5. The van der Waals surface area contributed by atoms with Crippen molar-refractivity contribution in [2.45, 2.75) is 0 Å². The van der Waals surface area contributed by atoms with Crippen molar-refractivity contribution in [1.82, 2.24) is 9.97 Å². The first-order valence-electron chi connectivity index (χ1n) is 4.22. The Balaban J connectivity index is 2.66. The van der Waals surface area contributed by atoms with Crippen LogP contribution in [0.25, 0.3) is 11.4 Å². The van der Waals surface area contributed by atoms with Gasteiger partial charge in [0.2, 0.25) is 0 Å². The smallest absolute Gasteiger partial charge is 0.129 e. The number of aromatic nitrogens is 2. The predicted octanol–water partition coefficient (Wildman–Crippen LogP) is 4.76. The fraction of sp³-hybridized carbons (Fsp3) is 0. The zero-order chi connectivity index (χ0) is 11.7. The molecule has 6 heteroatoms. The Morgan fingerprint density at radius 1 is 0.625 bits per heavy atom. The quantitative estimate of drug-likeness (QED) is 0.709. The molecule has 0 N–H and O–H groups in total. The van der Waals surface area contributed by atoms with Crippen LogP contribution in [-0.2, 0) is 0 Å². The van der Waals surface area contributed by atoms with Gasteiger partial charge < -0.3 is 0 Å². The van der Waals surface area contributed by atoms with Gasteiger partial charge in [0, 0.05) is 0 Å². The van der Waals surface area contributed by atoms with Gasteiger partial charge in [-0.3, -0.25) is 0 Å². The van der Waals surface area contributed by atoms with E-state index in [1.807, 2.05) is 0 Å². The lowest BCUT2D eigenvalue weighted by Crippen LogP contribution is -1.91. The van der Waals surface area contributed by atoms with Crippen LogP contribution in [0.15, 0.2) is 24.3 Å². The van der Waals surface area contributed by atoms with Gasteiger partial charge in [-0.05, 0) is 24.3 Å². The van der Waals surface area contributed by atoms with E-state index in [0.29, 0.717) is 31.7 Å². The maximum Gasteiger partial charge on any atom is 0.129 e. The molecular weight excluding hydrogens is 290 g/mol. The van der Waals surface area contributed by atoms with E-state index in [1.165, 1.54) is 0 Å². The van der Waals surface area contributed by atoms with Gasteiger partial charge in [0.25, 0.3) is 0 Å². The van der Waals surface area contributed by atoms with E-state index in [-0.39, 0.29) is 0 Å². The highest BCUT2D eigenvalue weighted by Gasteiger charge is 2.12. The zero-order valence-corrected chi connectivity index (χ0v) is 10.7. The second-order valence-corrected chi connectivity index (χ2v) is 4.52. The third-order valence-corrected chi connectivity index (χ3v) is 2.88. The number of hydrogen-bond donors (Lipinski definition) is 0. The van der Waals surface area contributed by atoms with Gasteiger partial charge in [0.15, 0.2) is 0 Å². The summed E-state index contributed by atoms with van der Waals surface area (Å²) in [6.45, 7) is 0. The summed E-state index contributed by atoms with van der Waals surface area (Å²) < 4.78 is 0. The third-order valence-electron chi connectivity index (χ3n) is 1.85. The molecular formula is C10H4Cl4N2. The van der Waals surface area contributed by atoms with Crippen LogP contribution in [0.3, 0.4) is 0 Å². The summed E-state index contributed by atoms with van der Waals surface area (Å²) in [5.74, 6) is 0. The van der Waals surface area contributed by atoms with Crippen LogP contribution < -0.4 is 0 Å². The summed E-state index contributed by atoms with van der Waals surface area (Å²) in [6, 6.07) is 6.44. The highest BCUT2D eigenvalue weighted by Crippen LogP contribution is 2.31. The summed E-state index contributed by atoms with van der Waals surface area (Å²) in [5, 5.41) is 1.47. The monoisotopic (exact) mass is 292 g/mol. The Bertz CT molecular complexity index is 493. The number of rotatable bonds is 1. The molecule has 82 valence electrons. The van der Waals surface area contributed by atoms with Crippen LogP contribution in [-0.4, -0.2) is 9.97 Å². The minimum atomic E-state index is 0.317. The van der Waals surface area contributed by atoms with Gasteiger partial charge in [-0.2, -0.15) is 0 Å². The molecule has 0 bridgehead atoms. The van der Waals surface area contributed by atoms with Crippen LogP contribution in [0.1, 0.15) is 0 Å². The van der Waals surface area contributed by atoms with Gasteiger partial charge >= 0.3 is 0 Å². The van der Waals surface area contributed by atoms with Crippen molar-refractivity contribution in [2.24, 2.45) is 0 Å². The fourth-order valence-corrected chi connectivity index (χ4v) is 1.85. The first-order chi connectivity index (χ1) is 7.58. The molecule has 0 spiro atoms. The summed E-state index contributed by atoms with van der Waals surface area (Å²) in [7, 11) is 0. The Morgan fingerprint density at radius 3 is 1.38 bits per heavy atom. The third kappa shape index (κ3) is 2.41. The SMILES string of the molecule is Clc1ccc(Cl)c(-c2nc(Cl)ccc2Cl)n1. The second-order valence-electron chi connectivity index (χ2n) is 2.93. The first-order valence-corrected chi connectivity index (χ1v) is 5.73. The van der Waals surface area contributed by atoms with Gasteiger partial charge in [0.1, 0.15) is 21.7 Å². The van der Waals surface area contributed by atoms with Crippen molar-refractivity contribution < 1.29 is 0 Å². The van der Waals surface area contributed by atoms with Crippen molar-refractivity contribution in [3.8, 4) is 11.4 Å². The lowest BCUT2D eigenvalue weighted by atomic mass is 10.2. The Labute approximate surface area is 112 Å². The molecule has 0 aliphatic rings. The molecule has 2 heterocycles. The number of halogens is 4. The van der Waals surface area contributed by atoms with E-state index in [4.69, 9.17) is 46.4 Å². The van der Waals surface area contributed by atoms with Gasteiger partial charge in [0.05, 0.1) is 10.0 Å². The van der Waals surface area contributed by atoms with E-state index < -0.39 is 0 Å². The van der Waals surface area contributed by atoms with Crippen molar-refractivity contribution in [2.75, 3.05) is 0 Å². The first kappa shape index (κ1) is 11.9. The standard InChI is InChI=1S/C10H4Cl4N2/c11-5-1-3-7(13)15-9(5)10-6(12)2-4-8(14)16-10/h1-4H. The zero-order valence-electron chi connectivity index (χ0n) is 7.72. The molecule has 0 fully saturated rings. The van der Waals surface area contributed by atoms with Gasteiger partial charge in [-0.15, -0.1) is 0 Å². The van der Waals surface area contributed by atoms with E-state index in [9.17, 15) is 0 Å². The van der Waals surface area contributed by atoms with Crippen LogP contribution >= 0.6 is 46.4 Å². The highest BCUT2D eigenvalue weighted by atomic mass is 35.5. The van der Waals surface area contributed by atoms with Gasteiger partial charge in [-0.25, -0.2) is 9.97 Å². The molecule has 0 saturated carbocycles. The molecule has 2 rings (SSSR count). The number of pyridine rings is 2. The lowest BCUT2D eigenvalue weighted by Gasteiger charge is -2.05. The Kier molecular flexibility index (Phi) is 3.55. The minimum Gasteiger partial charge on any atom is -0.233 e. The Morgan fingerprint density at radius 2 is 1.00 bits per heavy atom. The molecule has 0 unspecified atom stereocenters. The lowest BCUT2D eigenvalue weighted by molar-refractivity contribution is 1.25. The molecule has 0 aliphatic carbocycles. The van der Waals surface area contributed by atoms with E-state index in [1.54, 1.807) is 24.3 Å². The summed E-state index contributed by atoms with van der Waals surface area (Å²) in [4.78, 5) is 8.15. The number of nitrogens with zero attached hydrogens (tertiary/aromatic N) is 2. The average molecular weight is 294 g/mol. The molecule has 2 aromatic rings.